The highest BCUT2D eigenvalue weighted by atomic mass is 32.1. The van der Waals surface area contributed by atoms with Crippen molar-refractivity contribution in [1.82, 2.24) is 0 Å². The Labute approximate surface area is 293 Å². The molecule has 0 fully saturated rings. The molecule has 0 bridgehead atoms. The third-order valence-electron chi connectivity index (χ3n) is 10.7. The number of hydrogen-bond acceptors (Lipinski definition) is 3. The van der Waals surface area contributed by atoms with E-state index in [9.17, 15) is 0 Å². The van der Waals surface area contributed by atoms with Gasteiger partial charge in [0, 0.05) is 33.6 Å². The second kappa shape index (κ2) is 11.1. The lowest BCUT2D eigenvalue weighted by atomic mass is 9.82. The zero-order valence-electron chi connectivity index (χ0n) is 28.3. The number of fused-ring (bicyclic) bond motifs is 6. The van der Waals surface area contributed by atoms with Gasteiger partial charge in [0.2, 0.25) is 0 Å². The maximum Gasteiger partial charge on any atom is 0.102 e. The molecule has 0 saturated carbocycles. The Bertz CT molecular complexity index is 2180. The Balaban J connectivity index is 1.17. The first-order valence-corrected chi connectivity index (χ1v) is 17.9. The van der Waals surface area contributed by atoms with Crippen molar-refractivity contribution >= 4 is 44.1 Å². The number of hydrogen-bond donors (Lipinski definition) is 0. The van der Waals surface area contributed by atoms with Gasteiger partial charge in [0.25, 0.3) is 0 Å². The van der Waals surface area contributed by atoms with Crippen LogP contribution >= 0.6 is 11.3 Å². The number of thiophene rings is 1. The summed E-state index contributed by atoms with van der Waals surface area (Å²) in [4.78, 5) is 4.83. The van der Waals surface area contributed by atoms with Gasteiger partial charge in [0.1, 0.15) is 10.0 Å². The Morgan fingerprint density at radius 3 is 1.14 bits per heavy atom. The average Bonchev–Trinajstić information content (AvgIpc) is 3.76. The zero-order chi connectivity index (χ0) is 33.3. The van der Waals surface area contributed by atoms with Crippen molar-refractivity contribution in [3.63, 3.8) is 0 Å². The molecule has 238 valence electrons. The summed E-state index contributed by atoms with van der Waals surface area (Å²) in [6.07, 6.45) is 0. The standard InChI is InChI=1S/C46H38N2S/c1-45(2)39-21-13-11-19-35(39)37-25-23-33(29-41(37)45)47(31-15-7-5-8-16-31)43-27-28-44(49-43)48(32-17-9-6-10-18-32)34-24-26-38-36-20-12-14-22-40(36)46(3,4)42(38)30-34/h5-30H,1-4H3. The number of benzene rings is 6. The average molecular weight is 651 g/mol. The topological polar surface area (TPSA) is 6.48 Å². The van der Waals surface area contributed by atoms with Crippen LogP contribution in [0, 0.1) is 0 Å². The molecule has 0 aliphatic heterocycles. The molecule has 2 nitrogen and oxygen atoms in total. The molecule has 0 atom stereocenters. The van der Waals surface area contributed by atoms with Crippen LogP contribution in [-0.2, 0) is 10.8 Å². The molecule has 7 aromatic rings. The number of anilines is 6. The third-order valence-corrected chi connectivity index (χ3v) is 11.8. The van der Waals surface area contributed by atoms with Crippen LogP contribution in [0.3, 0.4) is 0 Å². The summed E-state index contributed by atoms with van der Waals surface area (Å²) in [6.45, 7) is 9.41. The van der Waals surface area contributed by atoms with Crippen molar-refractivity contribution in [2.75, 3.05) is 9.80 Å². The predicted molar refractivity (Wildman–Crippen MR) is 209 cm³/mol. The van der Waals surface area contributed by atoms with E-state index < -0.39 is 0 Å². The van der Waals surface area contributed by atoms with E-state index in [1.165, 1.54) is 65.9 Å². The highest BCUT2D eigenvalue weighted by molar-refractivity contribution is 7.20. The van der Waals surface area contributed by atoms with E-state index in [-0.39, 0.29) is 10.8 Å². The van der Waals surface area contributed by atoms with E-state index in [4.69, 9.17) is 0 Å². The lowest BCUT2D eigenvalue weighted by Gasteiger charge is -2.28. The number of rotatable bonds is 6. The van der Waals surface area contributed by atoms with Gasteiger partial charge in [-0.05, 0) is 105 Å². The third kappa shape index (κ3) is 4.60. The summed E-state index contributed by atoms with van der Waals surface area (Å²) in [7, 11) is 0. The largest absolute Gasteiger partial charge is 0.302 e. The second-order valence-corrected chi connectivity index (χ2v) is 15.3. The highest BCUT2D eigenvalue weighted by Crippen LogP contribution is 2.53. The molecule has 2 aliphatic carbocycles. The normalized spacial score (nSPS) is 14.4. The summed E-state index contributed by atoms with van der Waals surface area (Å²) in [5.41, 5.74) is 15.4. The summed E-state index contributed by atoms with van der Waals surface area (Å²) in [5.74, 6) is 0. The van der Waals surface area contributed by atoms with Crippen molar-refractivity contribution < 1.29 is 0 Å². The summed E-state index contributed by atoms with van der Waals surface area (Å²) >= 11 is 1.82. The molecule has 49 heavy (non-hydrogen) atoms. The maximum absolute atomic E-state index is 2.42. The lowest BCUT2D eigenvalue weighted by molar-refractivity contribution is 0.660. The molecule has 1 heterocycles. The molecule has 9 rings (SSSR count). The van der Waals surface area contributed by atoms with Crippen molar-refractivity contribution in [3.8, 4) is 22.3 Å². The van der Waals surface area contributed by atoms with E-state index in [2.05, 4.69) is 195 Å². The first-order chi connectivity index (χ1) is 23.8. The Morgan fingerprint density at radius 2 is 0.714 bits per heavy atom. The van der Waals surface area contributed by atoms with Gasteiger partial charge in [-0.15, -0.1) is 0 Å². The van der Waals surface area contributed by atoms with Gasteiger partial charge < -0.3 is 9.80 Å². The molecule has 2 aliphatic rings. The maximum atomic E-state index is 2.42. The minimum Gasteiger partial charge on any atom is -0.302 e. The van der Waals surface area contributed by atoms with Gasteiger partial charge in [-0.25, -0.2) is 0 Å². The molecule has 0 N–H and O–H groups in total. The number of para-hydroxylation sites is 2. The molecule has 0 unspecified atom stereocenters. The molecule has 0 spiro atoms. The van der Waals surface area contributed by atoms with Crippen LogP contribution in [0.4, 0.5) is 32.8 Å². The predicted octanol–water partition coefficient (Wildman–Crippen LogP) is 13.3. The van der Waals surface area contributed by atoms with E-state index in [0.717, 1.165) is 11.4 Å². The fraction of sp³-hybridized carbons (Fsp3) is 0.130. The molecule has 6 aromatic carbocycles. The quantitative estimate of drug-likeness (QED) is 0.177. The molecular weight excluding hydrogens is 613 g/mol. The van der Waals surface area contributed by atoms with Crippen LogP contribution in [-0.4, -0.2) is 0 Å². The second-order valence-electron chi connectivity index (χ2n) is 14.3. The van der Waals surface area contributed by atoms with Crippen LogP contribution in [0.1, 0.15) is 49.9 Å². The molecule has 0 amide bonds. The molecule has 1 aromatic heterocycles. The minimum atomic E-state index is -0.0734. The first kappa shape index (κ1) is 29.7. The van der Waals surface area contributed by atoms with E-state index in [0.29, 0.717) is 0 Å². The molecule has 0 saturated heterocycles. The number of nitrogens with zero attached hydrogens (tertiary/aromatic N) is 2. The molecule has 3 heteroatoms. The highest BCUT2D eigenvalue weighted by Gasteiger charge is 2.37. The summed E-state index contributed by atoms with van der Waals surface area (Å²) in [6, 6.07) is 57.9. The van der Waals surface area contributed by atoms with Crippen molar-refractivity contribution in [1.29, 1.82) is 0 Å². The Morgan fingerprint density at radius 1 is 0.347 bits per heavy atom. The monoisotopic (exact) mass is 650 g/mol. The van der Waals surface area contributed by atoms with Crippen LogP contribution in [0.15, 0.2) is 158 Å². The van der Waals surface area contributed by atoms with E-state index >= 15 is 0 Å². The van der Waals surface area contributed by atoms with Crippen molar-refractivity contribution in [2.24, 2.45) is 0 Å². The zero-order valence-corrected chi connectivity index (χ0v) is 29.1. The van der Waals surface area contributed by atoms with Crippen LogP contribution in [0.25, 0.3) is 22.3 Å². The Kier molecular flexibility index (Phi) is 6.73. The fourth-order valence-electron chi connectivity index (χ4n) is 8.18. The minimum absolute atomic E-state index is 0.0734. The van der Waals surface area contributed by atoms with Crippen molar-refractivity contribution in [3.05, 3.63) is 180 Å². The van der Waals surface area contributed by atoms with Crippen LogP contribution in [0.2, 0.25) is 0 Å². The van der Waals surface area contributed by atoms with Gasteiger partial charge in [0.05, 0.1) is 0 Å². The first-order valence-electron chi connectivity index (χ1n) is 17.1. The van der Waals surface area contributed by atoms with Crippen LogP contribution in [0.5, 0.6) is 0 Å². The van der Waals surface area contributed by atoms with Crippen molar-refractivity contribution in [2.45, 2.75) is 38.5 Å². The lowest BCUT2D eigenvalue weighted by Crippen LogP contribution is -2.16. The van der Waals surface area contributed by atoms with Gasteiger partial charge in [0.15, 0.2) is 0 Å². The van der Waals surface area contributed by atoms with E-state index in [1.54, 1.807) is 0 Å². The van der Waals surface area contributed by atoms with Crippen LogP contribution < -0.4 is 9.80 Å². The summed E-state index contributed by atoms with van der Waals surface area (Å²) < 4.78 is 0. The Hall–Kier alpha value is -5.38. The van der Waals surface area contributed by atoms with Gasteiger partial charge >= 0.3 is 0 Å². The van der Waals surface area contributed by atoms with E-state index in [1.807, 2.05) is 11.3 Å². The fourth-order valence-corrected chi connectivity index (χ4v) is 9.27. The molecule has 0 radical (unpaired) electrons. The van der Waals surface area contributed by atoms with Gasteiger partial charge in [-0.1, -0.05) is 136 Å². The molecular formula is C46H38N2S. The summed E-state index contributed by atoms with van der Waals surface area (Å²) in [5, 5.41) is 2.34. The SMILES string of the molecule is CC1(C)c2ccccc2-c2ccc(N(c3ccccc3)c3ccc(N(c4ccccc4)c4ccc5c(c4)C(C)(C)c4ccccc4-5)s3)cc21. The van der Waals surface area contributed by atoms with Gasteiger partial charge in [-0.2, -0.15) is 0 Å². The smallest absolute Gasteiger partial charge is 0.102 e. The van der Waals surface area contributed by atoms with Gasteiger partial charge in [-0.3, -0.25) is 0 Å².